The van der Waals surface area contributed by atoms with E-state index in [0.29, 0.717) is 5.56 Å². The number of benzene rings is 2. The summed E-state index contributed by atoms with van der Waals surface area (Å²) >= 11 is 1.75. The third-order valence-corrected chi connectivity index (χ3v) is 4.05. The predicted molar refractivity (Wildman–Crippen MR) is 87.9 cm³/mol. The molecule has 2 N–H and O–H groups in total. The standard InChI is InChI=1S/C17H19NO2S/c1-3-21-15-8-6-14(7-9-15)17(20)18-16-10-13(11-19)5-4-12(16)2/h4-10,19H,3,11H2,1-2H3,(H,18,20). The summed E-state index contributed by atoms with van der Waals surface area (Å²) < 4.78 is 0. The third-order valence-electron chi connectivity index (χ3n) is 3.16. The van der Waals surface area contributed by atoms with Crippen LogP contribution in [0.2, 0.25) is 0 Å². The summed E-state index contributed by atoms with van der Waals surface area (Å²) in [6.07, 6.45) is 0. The molecular weight excluding hydrogens is 282 g/mol. The molecule has 0 saturated heterocycles. The van der Waals surface area contributed by atoms with Gasteiger partial charge >= 0.3 is 0 Å². The lowest BCUT2D eigenvalue weighted by Gasteiger charge is -2.10. The maximum Gasteiger partial charge on any atom is 0.255 e. The minimum absolute atomic E-state index is 0.0356. The number of anilines is 1. The van der Waals surface area contributed by atoms with E-state index in [4.69, 9.17) is 0 Å². The van der Waals surface area contributed by atoms with Crippen molar-refractivity contribution in [2.45, 2.75) is 25.3 Å². The minimum Gasteiger partial charge on any atom is -0.392 e. The van der Waals surface area contributed by atoms with Crippen LogP contribution in [0.15, 0.2) is 47.4 Å². The van der Waals surface area contributed by atoms with Crippen LogP contribution in [0.25, 0.3) is 0 Å². The van der Waals surface area contributed by atoms with Gasteiger partial charge in [-0.2, -0.15) is 0 Å². The van der Waals surface area contributed by atoms with Crippen LogP contribution in [0.1, 0.15) is 28.4 Å². The molecule has 1 amide bonds. The van der Waals surface area contributed by atoms with Crippen LogP contribution < -0.4 is 5.32 Å². The monoisotopic (exact) mass is 301 g/mol. The van der Waals surface area contributed by atoms with E-state index in [1.165, 1.54) is 0 Å². The van der Waals surface area contributed by atoms with Gasteiger partial charge in [-0.05, 0) is 54.1 Å². The lowest BCUT2D eigenvalue weighted by Crippen LogP contribution is -2.13. The van der Waals surface area contributed by atoms with Gasteiger partial charge in [0.1, 0.15) is 0 Å². The highest BCUT2D eigenvalue weighted by Gasteiger charge is 2.08. The molecule has 110 valence electrons. The number of thioether (sulfide) groups is 1. The molecule has 0 radical (unpaired) electrons. The predicted octanol–water partition coefficient (Wildman–Crippen LogP) is 3.85. The quantitative estimate of drug-likeness (QED) is 0.825. The third kappa shape index (κ3) is 4.09. The molecule has 0 atom stereocenters. The van der Waals surface area contributed by atoms with Crippen molar-refractivity contribution in [2.24, 2.45) is 0 Å². The van der Waals surface area contributed by atoms with Crippen molar-refractivity contribution in [3.63, 3.8) is 0 Å². The molecule has 0 saturated carbocycles. The number of hydrogen-bond donors (Lipinski definition) is 2. The normalized spacial score (nSPS) is 10.4. The van der Waals surface area contributed by atoms with Gasteiger partial charge in [-0.25, -0.2) is 0 Å². The first-order valence-electron chi connectivity index (χ1n) is 6.88. The Morgan fingerprint density at radius 2 is 1.90 bits per heavy atom. The largest absolute Gasteiger partial charge is 0.392 e. The summed E-state index contributed by atoms with van der Waals surface area (Å²) in [5.41, 5.74) is 3.12. The molecule has 4 heteroatoms. The summed E-state index contributed by atoms with van der Waals surface area (Å²) in [4.78, 5) is 13.4. The van der Waals surface area contributed by atoms with Crippen LogP contribution in [0.3, 0.4) is 0 Å². The number of aryl methyl sites for hydroxylation is 1. The molecule has 0 spiro atoms. The highest BCUT2D eigenvalue weighted by molar-refractivity contribution is 7.99. The Labute approximate surface area is 129 Å². The first-order valence-corrected chi connectivity index (χ1v) is 7.87. The number of aliphatic hydroxyl groups excluding tert-OH is 1. The Hall–Kier alpha value is -1.78. The van der Waals surface area contributed by atoms with E-state index in [2.05, 4.69) is 12.2 Å². The van der Waals surface area contributed by atoms with Crippen molar-refractivity contribution in [2.75, 3.05) is 11.1 Å². The zero-order chi connectivity index (χ0) is 15.2. The highest BCUT2D eigenvalue weighted by Crippen LogP contribution is 2.20. The molecule has 0 aromatic heterocycles. The van der Waals surface area contributed by atoms with Gasteiger partial charge in [0.15, 0.2) is 0 Å². The Bertz CT molecular complexity index is 623. The Balaban J connectivity index is 2.14. The zero-order valence-corrected chi connectivity index (χ0v) is 13.0. The first-order chi connectivity index (χ1) is 10.1. The molecule has 2 aromatic rings. The molecule has 2 rings (SSSR count). The average Bonchev–Trinajstić information content (AvgIpc) is 2.50. The topological polar surface area (TPSA) is 49.3 Å². The second-order valence-electron chi connectivity index (χ2n) is 4.72. The van der Waals surface area contributed by atoms with Crippen molar-refractivity contribution in [3.8, 4) is 0 Å². The van der Waals surface area contributed by atoms with Gasteiger partial charge < -0.3 is 10.4 Å². The van der Waals surface area contributed by atoms with Crippen LogP contribution in [0.4, 0.5) is 5.69 Å². The molecule has 0 unspecified atom stereocenters. The second kappa shape index (κ2) is 7.29. The summed E-state index contributed by atoms with van der Waals surface area (Å²) in [5.74, 6) is 0.875. The molecule has 0 aliphatic heterocycles. The Morgan fingerprint density at radius 1 is 1.19 bits per heavy atom. The number of rotatable bonds is 5. The molecule has 0 aliphatic rings. The summed E-state index contributed by atoms with van der Waals surface area (Å²) in [7, 11) is 0. The molecule has 3 nitrogen and oxygen atoms in total. The van der Waals surface area contributed by atoms with Crippen LogP contribution in [-0.4, -0.2) is 16.8 Å². The number of hydrogen-bond acceptors (Lipinski definition) is 3. The van der Waals surface area contributed by atoms with Gasteiger partial charge in [0.2, 0.25) is 0 Å². The van der Waals surface area contributed by atoms with Crippen molar-refractivity contribution in [3.05, 3.63) is 59.2 Å². The summed E-state index contributed by atoms with van der Waals surface area (Å²) in [6.45, 7) is 3.99. The number of aliphatic hydroxyl groups is 1. The van der Waals surface area contributed by atoms with Crippen LogP contribution in [-0.2, 0) is 6.61 Å². The number of amides is 1. The molecular formula is C17H19NO2S. The SMILES string of the molecule is CCSc1ccc(C(=O)Nc2cc(CO)ccc2C)cc1. The smallest absolute Gasteiger partial charge is 0.255 e. The van der Waals surface area contributed by atoms with Gasteiger partial charge in [0.05, 0.1) is 6.61 Å². The first kappa shape index (κ1) is 15.6. The lowest BCUT2D eigenvalue weighted by molar-refractivity contribution is 0.102. The van der Waals surface area contributed by atoms with E-state index in [9.17, 15) is 9.90 Å². The fourth-order valence-corrected chi connectivity index (χ4v) is 2.63. The van der Waals surface area contributed by atoms with Crippen molar-refractivity contribution in [1.82, 2.24) is 0 Å². The van der Waals surface area contributed by atoms with Gasteiger partial charge in [-0.15, -0.1) is 11.8 Å². The van der Waals surface area contributed by atoms with Crippen molar-refractivity contribution in [1.29, 1.82) is 0 Å². The van der Waals surface area contributed by atoms with Crippen LogP contribution in [0.5, 0.6) is 0 Å². The van der Waals surface area contributed by atoms with Crippen molar-refractivity contribution < 1.29 is 9.90 Å². The zero-order valence-electron chi connectivity index (χ0n) is 12.2. The minimum atomic E-state index is -0.138. The van der Waals surface area contributed by atoms with E-state index >= 15 is 0 Å². The highest BCUT2D eigenvalue weighted by atomic mass is 32.2. The van der Waals surface area contributed by atoms with E-state index in [1.54, 1.807) is 17.8 Å². The molecule has 0 bridgehead atoms. The van der Waals surface area contributed by atoms with Crippen LogP contribution in [0, 0.1) is 6.92 Å². The van der Waals surface area contributed by atoms with E-state index in [0.717, 1.165) is 27.5 Å². The summed E-state index contributed by atoms with van der Waals surface area (Å²) in [6, 6.07) is 13.1. The lowest BCUT2D eigenvalue weighted by atomic mass is 10.1. The van der Waals surface area contributed by atoms with E-state index < -0.39 is 0 Å². The maximum atomic E-state index is 12.3. The second-order valence-corrected chi connectivity index (χ2v) is 6.06. The fourth-order valence-electron chi connectivity index (χ4n) is 1.97. The number of nitrogens with one attached hydrogen (secondary N) is 1. The van der Waals surface area contributed by atoms with E-state index in [1.807, 2.05) is 43.3 Å². The van der Waals surface area contributed by atoms with Gasteiger partial charge in [-0.1, -0.05) is 19.1 Å². The van der Waals surface area contributed by atoms with Crippen molar-refractivity contribution >= 4 is 23.4 Å². The molecule has 0 aliphatic carbocycles. The van der Waals surface area contributed by atoms with Gasteiger partial charge in [0.25, 0.3) is 5.91 Å². The van der Waals surface area contributed by atoms with E-state index in [-0.39, 0.29) is 12.5 Å². The molecule has 2 aromatic carbocycles. The number of carbonyl (C=O) groups is 1. The molecule has 0 fully saturated rings. The summed E-state index contributed by atoms with van der Waals surface area (Å²) in [5, 5.41) is 12.1. The average molecular weight is 301 g/mol. The van der Waals surface area contributed by atoms with Crippen LogP contribution >= 0.6 is 11.8 Å². The molecule has 0 heterocycles. The fraction of sp³-hybridized carbons (Fsp3) is 0.235. The Kier molecular flexibility index (Phi) is 5.42. The van der Waals surface area contributed by atoms with Gasteiger partial charge in [0, 0.05) is 16.1 Å². The molecule has 21 heavy (non-hydrogen) atoms. The van der Waals surface area contributed by atoms with Gasteiger partial charge in [-0.3, -0.25) is 4.79 Å². The Morgan fingerprint density at radius 3 is 2.52 bits per heavy atom. The number of carbonyl (C=O) groups excluding carboxylic acids is 1. The maximum absolute atomic E-state index is 12.3.